The van der Waals surface area contributed by atoms with Gasteiger partial charge in [0.2, 0.25) is 11.7 Å². The van der Waals surface area contributed by atoms with Crippen LogP contribution >= 0.6 is 0 Å². The summed E-state index contributed by atoms with van der Waals surface area (Å²) in [4.78, 5) is 26.2. The molecule has 0 aromatic carbocycles. The average molecular weight is 225 g/mol. The zero-order chi connectivity index (χ0) is 12.0. The highest BCUT2D eigenvalue weighted by Gasteiger charge is 2.08. The van der Waals surface area contributed by atoms with E-state index in [0.717, 1.165) is 0 Å². The second kappa shape index (κ2) is 5.84. The highest BCUT2D eigenvalue weighted by molar-refractivity contribution is 5.90. The van der Waals surface area contributed by atoms with E-state index in [4.69, 9.17) is 0 Å². The summed E-state index contributed by atoms with van der Waals surface area (Å²) >= 11 is 0. The summed E-state index contributed by atoms with van der Waals surface area (Å²) in [6, 6.07) is 0.109. The van der Waals surface area contributed by atoms with E-state index in [-0.39, 0.29) is 36.6 Å². The predicted molar refractivity (Wildman–Crippen MR) is 56.6 cm³/mol. The van der Waals surface area contributed by atoms with Crippen molar-refractivity contribution in [1.29, 1.82) is 0 Å². The normalized spacial score (nSPS) is 10.2. The summed E-state index contributed by atoms with van der Waals surface area (Å²) in [5.74, 6) is -0.313. The van der Waals surface area contributed by atoms with Gasteiger partial charge < -0.3 is 10.6 Å². The smallest absolute Gasteiger partial charge is 0.288 e. The molecule has 1 aromatic rings. The Balaban J connectivity index is 2.21. The van der Waals surface area contributed by atoms with Gasteiger partial charge in [-0.05, 0) is 13.8 Å². The third kappa shape index (κ3) is 4.07. The van der Waals surface area contributed by atoms with Crippen molar-refractivity contribution in [2.24, 2.45) is 0 Å². The predicted octanol–water partition coefficient (Wildman–Crippen LogP) is -0.551. The van der Waals surface area contributed by atoms with Gasteiger partial charge in [0.05, 0.1) is 0 Å². The molecule has 0 unspecified atom stereocenters. The number of hydrogen-bond donors (Lipinski definition) is 3. The number of amides is 2. The van der Waals surface area contributed by atoms with Crippen molar-refractivity contribution >= 4 is 11.8 Å². The minimum Gasteiger partial charge on any atom is -0.354 e. The lowest BCUT2D eigenvalue weighted by atomic mass is 10.3. The molecule has 16 heavy (non-hydrogen) atoms. The lowest BCUT2D eigenvalue weighted by Gasteiger charge is -2.08. The summed E-state index contributed by atoms with van der Waals surface area (Å²) in [5, 5.41) is 11.3. The number of aromatic nitrogens is 3. The summed E-state index contributed by atoms with van der Waals surface area (Å²) in [5.41, 5.74) is 0. The van der Waals surface area contributed by atoms with Crippen molar-refractivity contribution in [2.45, 2.75) is 26.3 Å². The van der Waals surface area contributed by atoms with Gasteiger partial charge in [-0.3, -0.25) is 14.7 Å². The van der Waals surface area contributed by atoms with Crippen LogP contribution in [0.3, 0.4) is 0 Å². The fourth-order valence-corrected chi connectivity index (χ4v) is 1.08. The van der Waals surface area contributed by atoms with Gasteiger partial charge in [-0.15, -0.1) is 0 Å². The van der Waals surface area contributed by atoms with Gasteiger partial charge in [0.25, 0.3) is 5.91 Å². The molecular formula is C9H15N5O2. The monoisotopic (exact) mass is 225 g/mol. The Morgan fingerprint density at radius 2 is 2.25 bits per heavy atom. The van der Waals surface area contributed by atoms with E-state index in [2.05, 4.69) is 25.8 Å². The zero-order valence-corrected chi connectivity index (χ0v) is 9.28. The Morgan fingerprint density at radius 1 is 1.50 bits per heavy atom. The first-order chi connectivity index (χ1) is 7.59. The molecule has 7 heteroatoms. The molecule has 2 amide bonds. The number of nitrogens with one attached hydrogen (secondary N) is 3. The quantitative estimate of drug-likeness (QED) is 0.626. The number of rotatable bonds is 5. The second-order valence-corrected chi connectivity index (χ2v) is 3.56. The maximum Gasteiger partial charge on any atom is 0.288 e. The summed E-state index contributed by atoms with van der Waals surface area (Å²) in [6.07, 6.45) is 1.50. The van der Waals surface area contributed by atoms with Crippen LogP contribution in [-0.4, -0.2) is 39.6 Å². The Hall–Kier alpha value is -1.92. The molecule has 0 saturated heterocycles. The van der Waals surface area contributed by atoms with Crippen molar-refractivity contribution in [3.8, 4) is 0 Å². The SMILES string of the molecule is CC(C)NC(=O)CCNC(=O)c1ncn[nH]1. The van der Waals surface area contributed by atoms with Crippen LogP contribution in [0.25, 0.3) is 0 Å². The van der Waals surface area contributed by atoms with Crippen LogP contribution in [0.2, 0.25) is 0 Å². The number of hydrogen-bond acceptors (Lipinski definition) is 4. The van der Waals surface area contributed by atoms with Crippen LogP contribution in [0.5, 0.6) is 0 Å². The first kappa shape index (κ1) is 12.2. The molecule has 0 spiro atoms. The van der Waals surface area contributed by atoms with E-state index in [1.165, 1.54) is 6.33 Å². The van der Waals surface area contributed by atoms with E-state index >= 15 is 0 Å². The highest BCUT2D eigenvalue weighted by Crippen LogP contribution is 1.86. The van der Waals surface area contributed by atoms with Crippen molar-refractivity contribution in [3.63, 3.8) is 0 Å². The molecule has 0 saturated carbocycles. The van der Waals surface area contributed by atoms with Gasteiger partial charge in [0.15, 0.2) is 0 Å². The molecule has 0 aliphatic carbocycles. The van der Waals surface area contributed by atoms with Crippen LogP contribution < -0.4 is 10.6 Å². The molecule has 0 bridgehead atoms. The highest BCUT2D eigenvalue weighted by atomic mass is 16.2. The molecule has 1 rings (SSSR count). The van der Waals surface area contributed by atoms with Crippen molar-refractivity contribution in [1.82, 2.24) is 25.8 Å². The van der Waals surface area contributed by atoms with Crippen molar-refractivity contribution in [3.05, 3.63) is 12.2 Å². The van der Waals surface area contributed by atoms with E-state index in [0.29, 0.717) is 0 Å². The fraction of sp³-hybridized carbons (Fsp3) is 0.556. The third-order valence-electron chi connectivity index (χ3n) is 1.72. The van der Waals surface area contributed by atoms with Gasteiger partial charge in [-0.2, -0.15) is 5.10 Å². The molecule has 1 heterocycles. The van der Waals surface area contributed by atoms with Gasteiger partial charge in [-0.25, -0.2) is 4.98 Å². The standard InChI is InChI=1S/C9H15N5O2/c1-6(2)13-7(15)3-4-10-9(16)8-11-5-12-14-8/h5-6H,3-4H2,1-2H3,(H,10,16)(H,13,15)(H,11,12,14). The number of nitrogens with zero attached hydrogens (tertiary/aromatic N) is 2. The Labute approximate surface area is 93.0 Å². The number of aromatic amines is 1. The van der Waals surface area contributed by atoms with Crippen LogP contribution in [0.15, 0.2) is 6.33 Å². The number of carbonyl (C=O) groups is 2. The molecule has 0 aliphatic heterocycles. The molecule has 1 aromatic heterocycles. The Kier molecular flexibility index (Phi) is 4.43. The van der Waals surface area contributed by atoms with Crippen LogP contribution in [0.1, 0.15) is 30.9 Å². The molecular weight excluding hydrogens is 210 g/mol. The molecule has 7 nitrogen and oxygen atoms in total. The van der Waals surface area contributed by atoms with E-state index in [1.54, 1.807) is 0 Å². The van der Waals surface area contributed by atoms with Crippen molar-refractivity contribution < 1.29 is 9.59 Å². The summed E-state index contributed by atoms with van der Waals surface area (Å²) in [6.45, 7) is 4.04. The lowest BCUT2D eigenvalue weighted by molar-refractivity contribution is -0.121. The first-order valence-electron chi connectivity index (χ1n) is 5.02. The Morgan fingerprint density at radius 3 is 2.81 bits per heavy atom. The average Bonchev–Trinajstić information content (AvgIpc) is 2.68. The van der Waals surface area contributed by atoms with Crippen LogP contribution in [-0.2, 0) is 4.79 Å². The van der Waals surface area contributed by atoms with Gasteiger partial charge in [0.1, 0.15) is 6.33 Å². The summed E-state index contributed by atoms with van der Waals surface area (Å²) in [7, 11) is 0. The fourth-order valence-electron chi connectivity index (χ4n) is 1.08. The Bertz CT molecular complexity index is 347. The molecule has 0 fully saturated rings. The first-order valence-corrected chi connectivity index (χ1v) is 5.02. The minimum absolute atomic E-state index is 0.0899. The van der Waals surface area contributed by atoms with E-state index < -0.39 is 0 Å². The van der Waals surface area contributed by atoms with Crippen LogP contribution in [0.4, 0.5) is 0 Å². The largest absolute Gasteiger partial charge is 0.354 e. The van der Waals surface area contributed by atoms with Gasteiger partial charge in [-0.1, -0.05) is 0 Å². The maximum atomic E-state index is 11.3. The minimum atomic E-state index is -0.366. The van der Waals surface area contributed by atoms with Crippen LogP contribution in [0, 0.1) is 0 Å². The number of H-pyrrole nitrogens is 1. The van der Waals surface area contributed by atoms with Gasteiger partial charge >= 0.3 is 0 Å². The molecule has 88 valence electrons. The van der Waals surface area contributed by atoms with Gasteiger partial charge in [0, 0.05) is 19.0 Å². The lowest BCUT2D eigenvalue weighted by Crippen LogP contribution is -2.34. The molecule has 3 N–H and O–H groups in total. The zero-order valence-electron chi connectivity index (χ0n) is 9.28. The van der Waals surface area contributed by atoms with E-state index in [1.807, 2.05) is 13.8 Å². The van der Waals surface area contributed by atoms with E-state index in [9.17, 15) is 9.59 Å². The molecule has 0 aliphatic rings. The van der Waals surface area contributed by atoms with Crippen molar-refractivity contribution in [2.75, 3.05) is 6.54 Å². The maximum absolute atomic E-state index is 11.3. The topological polar surface area (TPSA) is 99.8 Å². The summed E-state index contributed by atoms with van der Waals surface area (Å²) < 4.78 is 0. The third-order valence-corrected chi connectivity index (χ3v) is 1.72. The molecule has 0 radical (unpaired) electrons. The molecule has 0 atom stereocenters. The second-order valence-electron chi connectivity index (χ2n) is 3.56. The number of carbonyl (C=O) groups excluding carboxylic acids is 2.